The minimum Gasteiger partial charge on any atom is -0.488 e. The third-order valence-corrected chi connectivity index (χ3v) is 5.03. The molecule has 3 aromatic rings. The van der Waals surface area contributed by atoms with Gasteiger partial charge >= 0.3 is 0 Å². The van der Waals surface area contributed by atoms with E-state index in [-0.39, 0.29) is 23.3 Å². The fourth-order valence-corrected chi connectivity index (χ4v) is 3.54. The van der Waals surface area contributed by atoms with Crippen LogP contribution in [-0.2, 0) is 16.0 Å². The summed E-state index contributed by atoms with van der Waals surface area (Å²) in [5, 5.41) is 4.13. The summed E-state index contributed by atoms with van der Waals surface area (Å²) in [5.41, 5.74) is 2.95. The maximum Gasteiger partial charge on any atom is 0.141 e. The fourth-order valence-electron chi connectivity index (χ4n) is 3.36. The van der Waals surface area contributed by atoms with E-state index in [1.807, 2.05) is 18.2 Å². The number of anilines is 2. The summed E-state index contributed by atoms with van der Waals surface area (Å²) in [5.74, 6) is 0.219. The number of carbonyl (C=O) groups excluding carboxylic acids is 1. The number of benzene rings is 2. The molecule has 0 amide bonds. The first-order chi connectivity index (χ1) is 14.0. The smallest absolute Gasteiger partial charge is 0.141 e. The van der Waals surface area contributed by atoms with Crippen molar-refractivity contribution in [3.8, 4) is 5.75 Å². The second kappa shape index (κ2) is 8.35. The van der Waals surface area contributed by atoms with Gasteiger partial charge in [0.2, 0.25) is 0 Å². The number of halogens is 2. The van der Waals surface area contributed by atoms with E-state index in [9.17, 15) is 9.18 Å². The van der Waals surface area contributed by atoms with Crippen LogP contribution in [0, 0.1) is 5.82 Å². The van der Waals surface area contributed by atoms with E-state index in [0.717, 1.165) is 28.6 Å². The lowest BCUT2D eigenvalue weighted by Crippen LogP contribution is -2.17. The van der Waals surface area contributed by atoms with Gasteiger partial charge < -0.3 is 14.8 Å². The van der Waals surface area contributed by atoms with Crippen LogP contribution >= 0.6 is 11.6 Å². The highest BCUT2D eigenvalue weighted by molar-refractivity contribution is 6.31. The van der Waals surface area contributed by atoms with Gasteiger partial charge in [0.05, 0.1) is 23.8 Å². The number of hydrogen-bond acceptors (Lipinski definition) is 5. The van der Waals surface area contributed by atoms with Crippen molar-refractivity contribution in [3.63, 3.8) is 0 Å². The SMILES string of the molecule is CC(=O)Cc1cc2c(Nc3ccc(F)c(Cl)c3)ccnc2cc1O[C@H]1CCOC1. The van der Waals surface area contributed by atoms with Crippen LogP contribution in [-0.4, -0.2) is 30.1 Å². The second-order valence-corrected chi connectivity index (χ2v) is 7.48. The Morgan fingerprint density at radius 2 is 2.21 bits per heavy atom. The van der Waals surface area contributed by atoms with E-state index >= 15 is 0 Å². The number of nitrogens with zero attached hydrogens (tertiary/aromatic N) is 1. The van der Waals surface area contributed by atoms with Crippen molar-refractivity contribution in [1.29, 1.82) is 0 Å². The molecule has 1 aliphatic rings. The second-order valence-electron chi connectivity index (χ2n) is 7.07. The molecule has 5 nitrogen and oxygen atoms in total. The molecule has 1 N–H and O–H groups in total. The molecular formula is C22H20ClFN2O3. The van der Waals surface area contributed by atoms with Gasteiger partial charge in [-0.05, 0) is 37.3 Å². The summed E-state index contributed by atoms with van der Waals surface area (Å²) >= 11 is 5.89. The van der Waals surface area contributed by atoms with Crippen molar-refractivity contribution in [2.24, 2.45) is 0 Å². The van der Waals surface area contributed by atoms with Crippen LogP contribution < -0.4 is 10.1 Å². The zero-order valence-electron chi connectivity index (χ0n) is 15.9. The molecule has 1 aromatic heterocycles. The highest BCUT2D eigenvalue weighted by atomic mass is 35.5. The van der Waals surface area contributed by atoms with E-state index in [1.165, 1.54) is 12.1 Å². The summed E-state index contributed by atoms with van der Waals surface area (Å²) in [7, 11) is 0. The first-order valence-electron chi connectivity index (χ1n) is 9.37. The predicted molar refractivity (Wildman–Crippen MR) is 111 cm³/mol. The molecular weight excluding hydrogens is 395 g/mol. The van der Waals surface area contributed by atoms with Gasteiger partial charge in [-0.25, -0.2) is 4.39 Å². The van der Waals surface area contributed by atoms with Crippen LogP contribution in [0.3, 0.4) is 0 Å². The number of ether oxygens (including phenoxy) is 2. The van der Waals surface area contributed by atoms with Gasteiger partial charge in [-0.3, -0.25) is 9.78 Å². The number of hydrogen-bond donors (Lipinski definition) is 1. The number of aromatic nitrogens is 1. The van der Waals surface area contributed by atoms with Gasteiger partial charge in [-0.1, -0.05) is 11.6 Å². The molecule has 29 heavy (non-hydrogen) atoms. The molecule has 0 saturated carbocycles. The standard InChI is InChI=1S/C22H20ClFN2O3/c1-13(27)8-14-9-17-20(26-15-2-3-19(24)18(23)10-15)4-6-25-21(17)11-22(14)29-16-5-7-28-12-16/h2-4,6,9-11,16H,5,7-8,12H2,1H3,(H,25,26)/t16-/m0/s1. The molecule has 1 atom stereocenters. The number of rotatable bonds is 6. The Hall–Kier alpha value is -2.70. The lowest BCUT2D eigenvalue weighted by Gasteiger charge is -2.17. The van der Waals surface area contributed by atoms with E-state index < -0.39 is 5.82 Å². The lowest BCUT2D eigenvalue weighted by molar-refractivity contribution is -0.116. The largest absolute Gasteiger partial charge is 0.488 e. The Morgan fingerprint density at radius 3 is 2.93 bits per heavy atom. The third-order valence-electron chi connectivity index (χ3n) is 4.74. The predicted octanol–water partition coefficient (Wildman–Crippen LogP) is 5.07. The number of fused-ring (bicyclic) bond motifs is 1. The Kier molecular flexibility index (Phi) is 5.65. The van der Waals surface area contributed by atoms with Gasteiger partial charge in [0, 0.05) is 47.4 Å². The molecule has 1 fully saturated rings. The number of carbonyl (C=O) groups is 1. The van der Waals surface area contributed by atoms with E-state index in [0.29, 0.717) is 24.7 Å². The van der Waals surface area contributed by atoms with Crippen LogP contribution in [0.4, 0.5) is 15.8 Å². The number of ketones is 1. The van der Waals surface area contributed by atoms with Crippen LogP contribution in [0.1, 0.15) is 18.9 Å². The maximum atomic E-state index is 13.5. The van der Waals surface area contributed by atoms with Gasteiger partial charge in [0.1, 0.15) is 23.5 Å². The molecule has 7 heteroatoms. The topological polar surface area (TPSA) is 60.5 Å². The van der Waals surface area contributed by atoms with Gasteiger partial charge in [-0.2, -0.15) is 0 Å². The average molecular weight is 415 g/mol. The molecule has 4 rings (SSSR count). The first-order valence-corrected chi connectivity index (χ1v) is 9.75. The highest BCUT2D eigenvalue weighted by Gasteiger charge is 2.20. The van der Waals surface area contributed by atoms with Gasteiger partial charge in [0.25, 0.3) is 0 Å². The van der Waals surface area contributed by atoms with Crippen molar-refractivity contribution in [2.45, 2.75) is 25.9 Å². The Balaban J connectivity index is 1.73. The number of Topliss-reactive ketones (excluding diaryl/α,β-unsaturated/α-hetero) is 1. The molecule has 0 bridgehead atoms. The van der Waals surface area contributed by atoms with Crippen molar-refractivity contribution in [2.75, 3.05) is 18.5 Å². The van der Waals surface area contributed by atoms with Crippen LogP contribution in [0.15, 0.2) is 42.6 Å². The van der Waals surface area contributed by atoms with E-state index in [4.69, 9.17) is 21.1 Å². The van der Waals surface area contributed by atoms with Crippen LogP contribution in [0.25, 0.3) is 10.9 Å². The van der Waals surface area contributed by atoms with Crippen LogP contribution in [0.5, 0.6) is 5.75 Å². The molecule has 0 spiro atoms. The van der Waals surface area contributed by atoms with Gasteiger partial charge in [-0.15, -0.1) is 0 Å². The molecule has 2 heterocycles. The summed E-state index contributed by atoms with van der Waals surface area (Å²) in [6.45, 7) is 2.76. The molecule has 150 valence electrons. The minimum atomic E-state index is -0.474. The van der Waals surface area contributed by atoms with Gasteiger partial charge in [0.15, 0.2) is 0 Å². The average Bonchev–Trinajstić information content (AvgIpc) is 3.18. The fraction of sp³-hybridized carbons (Fsp3) is 0.273. The van der Waals surface area contributed by atoms with Crippen molar-refractivity contribution < 1.29 is 18.7 Å². The Morgan fingerprint density at radius 1 is 1.34 bits per heavy atom. The first kappa shape index (κ1) is 19.6. The highest BCUT2D eigenvalue weighted by Crippen LogP contribution is 2.33. The zero-order valence-corrected chi connectivity index (χ0v) is 16.6. The molecule has 0 aliphatic carbocycles. The molecule has 0 radical (unpaired) electrons. The summed E-state index contributed by atoms with van der Waals surface area (Å²) in [6, 6.07) is 10.0. The molecule has 2 aromatic carbocycles. The van der Waals surface area contributed by atoms with Crippen LogP contribution in [0.2, 0.25) is 5.02 Å². The maximum absolute atomic E-state index is 13.5. The van der Waals surface area contributed by atoms with Crippen molar-refractivity contribution in [3.05, 3.63) is 59.0 Å². The monoisotopic (exact) mass is 414 g/mol. The zero-order chi connectivity index (χ0) is 20.4. The molecule has 1 saturated heterocycles. The summed E-state index contributed by atoms with van der Waals surface area (Å²) in [6.07, 6.45) is 2.73. The normalized spacial score (nSPS) is 16.2. The van der Waals surface area contributed by atoms with E-state index in [2.05, 4.69) is 10.3 Å². The minimum absolute atomic E-state index is 0.0270. The Labute approximate surface area is 172 Å². The molecule has 1 aliphatic heterocycles. The lowest BCUT2D eigenvalue weighted by atomic mass is 10.0. The summed E-state index contributed by atoms with van der Waals surface area (Å²) < 4.78 is 24.9. The quantitative estimate of drug-likeness (QED) is 0.610. The number of pyridine rings is 1. The van der Waals surface area contributed by atoms with E-state index in [1.54, 1.807) is 19.2 Å². The third kappa shape index (κ3) is 4.49. The molecule has 0 unspecified atom stereocenters. The Bertz CT molecular complexity index is 1070. The number of nitrogens with one attached hydrogen (secondary N) is 1. The summed E-state index contributed by atoms with van der Waals surface area (Å²) in [4.78, 5) is 16.3. The van der Waals surface area contributed by atoms with Crippen molar-refractivity contribution >= 4 is 39.7 Å². The van der Waals surface area contributed by atoms with Crippen molar-refractivity contribution in [1.82, 2.24) is 4.98 Å².